The van der Waals surface area contributed by atoms with Gasteiger partial charge in [0.2, 0.25) is 5.91 Å². The van der Waals surface area contributed by atoms with Crippen LogP contribution >= 0.6 is 35.0 Å². The van der Waals surface area contributed by atoms with E-state index in [1.54, 1.807) is 26.4 Å². The van der Waals surface area contributed by atoms with Crippen LogP contribution in [0.25, 0.3) is 5.69 Å². The molecule has 186 valence electrons. The lowest BCUT2D eigenvalue weighted by atomic mass is 10.1. The standard InChI is InChI=1S/C26H24Cl2N4O3S/c1-34-20-9-6-17(7-10-20)13-25(33)29-15-24-30-31-26(32(24)23-11-8-19(27)14-22(23)28)36-16-18-4-3-5-21(12-18)35-2/h3-12,14H,13,15-16H2,1-2H3,(H,29,33). The van der Waals surface area contributed by atoms with Gasteiger partial charge in [0.05, 0.1) is 37.9 Å². The molecule has 10 heteroatoms. The number of hydrogen-bond donors (Lipinski definition) is 1. The number of rotatable bonds is 10. The molecule has 4 rings (SSSR count). The van der Waals surface area contributed by atoms with Gasteiger partial charge in [-0.15, -0.1) is 10.2 Å². The second-order valence-corrected chi connectivity index (χ2v) is 9.56. The molecule has 0 atom stereocenters. The first kappa shape index (κ1) is 25.9. The molecule has 1 amide bonds. The predicted octanol–water partition coefficient (Wildman–Crippen LogP) is 5.74. The molecule has 4 aromatic rings. The molecule has 0 radical (unpaired) electrons. The van der Waals surface area contributed by atoms with Crippen LogP contribution in [0, 0.1) is 0 Å². The molecule has 0 spiro atoms. The van der Waals surface area contributed by atoms with Gasteiger partial charge >= 0.3 is 0 Å². The van der Waals surface area contributed by atoms with Gasteiger partial charge < -0.3 is 14.8 Å². The van der Waals surface area contributed by atoms with Crippen LogP contribution < -0.4 is 14.8 Å². The average molecular weight is 543 g/mol. The van der Waals surface area contributed by atoms with Gasteiger partial charge in [0.1, 0.15) is 11.5 Å². The van der Waals surface area contributed by atoms with Crippen LogP contribution in [-0.2, 0) is 23.5 Å². The van der Waals surface area contributed by atoms with E-state index in [0.717, 1.165) is 22.6 Å². The normalized spacial score (nSPS) is 10.8. The molecule has 3 aromatic carbocycles. The number of nitrogens with one attached hydrogen (secondary N) is 1. The topological polar surface area (TPSA) is 78.3 Å². The van der Waals surface area contributed by atoms with E-state index in [1.807, 2.05) is 59.2 Å². The summed E-state index contributed by atoms with van der Waals surface area (Å²) >= 11 is 14.2. The van der Waals surface area contributed by atoms with E-state index >= 15 is 0 Å². The van der Waals surface area contributed by atoms with Crippen molar-refractivity contribution in [2.45, 2.75) is 23.9 Å². The molecule has 0 bridgehead atoms. The summed E-state index contributed by atoms with van der Waals surface area (Å²) in [6.45, 7) is 0.181. The highest BCUT2D eigenvalue weighted by Crippen LogP contribution is 2.31. The van der Waals surface area contributed by atoms with Gasteiger partial charge in [-0.25, -0.2) is 0 Å². The van der Waals surface area contributed by atoms with Crippen molar-refractivity contribution in [2.24, 2.45) is 0 Å². The first-order valence-corrected chi connectivity index (χ1v) is 12.8. The molecule has 0 aliphatic rings. The molecule has 0 saturated heterocycles. The van der Waals surface area contributed by atoms with Crippen molar-refractivity contribution >= 4 is 40.9 Å². The Labute approximate surface area is 223 Å². The molecule has 0 fully saturated rings. The number of carbonyl (C=O) groups excluding carboxylic acids is 1. The maximum absolute atomic E-state index is 12.6. The van der Waals surface area contributed by atoms with Crippen molar-refractivity contribution in [2.75, 3.05) is 14.2 Å². The summed E-state index contributed by atoms with van der Waals surface area (Å²) < 4.78 is 12.3. The minimum Gasteiger partial charge on any atom is -0.497 e. The summed E-state index contributed by atoms with van der Waals surface area (Å²) in [6.07, 6.45) is 0.233. The molecule has 7 nitrogen and oxygen atoms in total. The Morgan fingerprint density at radius 2 is 1.72 bits per heavy atom. The molecule has 0 aliphatic carbocycles. The van der Waals surface area contributed by atoms with Crippen LogP contribution in [0.5, 0.6) is 11.5 Å². The van der Waals surface area contributed by atoms with E-state index in [1.165, 1.54) is 11.8 Å². The van der Waals surface area contributed by atoms with Crippen molar-refractivity contribution in [3.63, 3.8) is 0 Å². The minimum atomic E-state index is -0.137. The summed E-state index contributed by atoms with van der Waals surface area (Å²) in [4.78, 5) is 12.6. The van der Waals surface area contributed by atoms with E-state index in [4.69, 9.17) is 32.7 Å². The summed E-state index contributed by atoms with van der Waals surface area (Å²) in [5, 5.41) is 13.3. The van der Waals surface area contributed by atoms with Gasteiger partial charge in [0.25, 0.3) is 0 Å². The first-order chi connectivity index (χ1) is 17.5. The van der Waals surface area contributed by atoms with Crippen molar-refractivity contribution in [1.29, 1.82) is 0 Å². The molecule has 1 N–H and O–H groups in total. The Kier molecular flexibility index (Phi) is 8.74. The second-order valence-electron chi connectivity index (χ2n) is 7.77. The highest BCUT2D eigenvalue weighted by atomic mass is 35.5. The Morgan fingerprint density at radius 1 is 0.944 bits per heavy atom. The number of ether oxygens (including phenoxy) is 2. The zero-order valence-corrected chi connectivity index (χ0v) is 22.0. The lowest BCUT2D eigenvalue weighted by Crippen LogP contribution is -2.26. The maximum atomic E-state index is 12.6. The van der Waals surface area contributed by atoms with Gasteiger partial charge in [-0.05, 0) is 53.6 Å². The molecule has 0 unspecified atom stereocenters. The van der Waals surface area contributed by atoms with Crippen LogP contribution in [0.1, 0.15) is 17.0 Å². The average Bonchev–Trinajstić information content (AvgIpc) is 3.29. The predicted molar refractivity (Wildman–Crippen MR) is 142 cm³/mol. The number of halogens is 2. The molecule has 0 saturated carbocycles. The van der Waals surface area contributed by atoms with Crippen LogP contribution in [0.4, 0.5) is 0 Å². The summed E-state index contributed by atoms with van der Waals surface area (Å²) in [5.74, 6) is 2.59. The smallest absolute Gasteiger partial charge is 0.224 e. The summed E-state index contributed by atoms with van der Waals surface area (Å²) in [7, 11) is 3.24. The zero-order chi connectivity index (χ0) is 25.5. The van der Waals surface area contributed by atoms with Crippen LogP contribution in [0.3, 0.4) is 0 Å². The Morgan fingerprint density at radius 3 is 2.44 bits per heavy atom. The van der Waals surface area contributed by atoms with E-state index in [9.17, 15) is 4.79 Å². The lowest BCUT2D eigenvalue weighted by molar-refractivity contribution is -0.120. The fourth-order valence-corrected chi connectivity index (χ4v) is 4.89. The fraction of sp³-hybridized carbons (Fsp3) is 0.192. The zero-order valence-electron chi connectivity index (χ0n) is 19.7. The SMILES string of the molecule is COc1ccc(CC(=O)NCc2nnc(SCc3cccc(OC)c3)n2-c2ccc(Cl)cc2Cl)cc1. The lowest BCUT2D eigenvalue weighted by Gasteiger charge is -2.13. The Balaban J connectivity index is 1.53. The third kappa shape index (κ3) is 6.51. The number of hydrogen-bond acceptors (Lipinski definition) is 6. The number of thioether (sulfide) groups is 1. The third-order valence-corrected chi connectivity index (χ3v) is 6.86. The largest absolute Gasteiger partial charge is 0.497 e. The van der Waals surface area contributed by atoms with E-state index in [-0.39, 0.29) is 18.9 Å². The number of methoxy groups -OCH3 is 2. The monoisotopic (exact) mass is 542 g/mol. The van der Waals surface area contributed by atoms with Gasteiger partial charge in [-0.1, -0.05) is 59.2 Å². The maximum Gasteiger partial charge on any atom is 0.224 e. The van der Waals surface area contributed by atoms with E-state index in [0.29, 0.717) is 32.5 Å². The molecule has 36 heavy (non-hydrogen) atoms. The van der Waals surface area contributed by atoms with Crippen molar-refractivity contribution in [1.82, 2.24) is 20.1 Å². The number of amides is 1. The van der Waals surface area contributed by atoms with Gasteiger partial charge in [0.15, 0.2) is 11.0 Å². The van der Waals surface area contributed by atoms with Gasteiger partial charge in [-0.2, -0.15) is 0 Å². The quantitative estimate of drug-likeness (QED) is 0.257. The molecule has 1 aromatic heterocycles. The Hall–Kier alpha value is -3.20. The molecular formula is C26H24Cl2N4O3S. The number of benzene rings is 3. The molecule has 1 heterocycles. The molecule has 0 aliphatic heterocycles. The van der Waals surface area contributed by atoms with E-state index in [2.05, 4.69) is 15.5 Å². The highest BCUT2D eigenvalue weighted by Gasteiger charge is 2.18. The van der Waals surface area contributed by atoms with Gasteiger partial charge in [0, 0.05) is 10.8 Å². The third-order valence-electron chi connectivity index (χ3n) is 5.32. The van der Waals surface area contributed by atoms with Crippen molar-refractivity contribution < 1.29 is 14.3 Å². The van der Waals surface area contributed by atoms with Crippen molar-refractivity contribution in [3.05, 3.63) is 93.7 Å². The van der Waals surface area contributed by atoms with Gasteiger partial charge in [-0.3, -0.25) is 9.36 Å². The van der Waals surface area contributed by atoms with Crippen LogP contribution in [0.15, 0.2) is 71.9 Å². The first-order valence-electron chi connectivity index (χ1n) is 11.0. The Bertz CT molecular complexity index is 1350. The number of nitrogens with zero attached hydrogens (tertiary/aromatic N) is 3. The fourth-order valence-electron chi connectivity index (χ4n) is 3.49. The van der Waals surface area contributed by atoms with E-state index < -0.39 is 0 Å². The summed E-state index contributed by atoms with van der Waals surface area (Å²) in [5.41, 5.74) is 2.63. The van der Waals surface area contributed by atoms with Crippen LogP contribution in [0.2, 0.25) is 10.0 Å². The molecular weight excluding hydrogens is 519 g/mol. The number of carbonyl (C=O) groups is 1. The number of aromatic nitrogens is 3. The highest BCUT2D eigenvalue weighted by molar-refractivity contribution is 7.98. The minimum absolute atomic E-state index is 0.137. The van der Waals surface area contributed by atoms with Crippen molar-refractivity contribution in [3.8, 4) is 17.2 Å². The second kappa shape index (κ2) is 12.2. The summed E-state index contributed by atoms with van der Waals surface area (Å²) in [6, 6.07) is 20.5. The van der Waals surface area contributed by atoms with Crippen LogP contribution in [-0.4, -0.2) is 34.9 Å².